The standard InChI is InChI=1S/C48H91O9P/c1-3-5-7-9-11-13-15-17-18-19-20-21-22-23-24-25-26-27-29-31-33-35-37-39-41-54-44-47(45-56-58(52,53)55-43-46(50)42-49)57-48(51)40-38-36-34-32-30-28-16-14-12-10-8-6-4-2/h14-17,19-20,46-47,49-50H,3-13,18,21-45H2,1-2H3,(H,52,53)/b16-14-,17-15-,20-19-. The Morgan fingerprint density at radius 1 is 0.534 bits per heavy atom. The molecule has 0 aromatic carbocycles. The lowest BCUT2D eigenvalue weighted by atomic mass is 10.0. The van der Waals surface area contributed by atoms with Crippen molar-refractivity contribution in [2.75, 3.05) is 33.0 Å². The number of allylic oxidation sites excluding steroid dienone is 6. The Morgan fingerprint density at radius 2 is 0.931 bits per heavy atom. The van der Waals surface area contributed by atoms with Crippen LogP contribution in [0.3, 0.4) is 0 Å². The second-order valence-corrected chi connectivity index (χ2v) is 17.6. The highest BCUT2D eigenvalue weighted by Gasteiger charge is 2.26. The number of carbonyl (C=O) groups excluding carboxylic acids is 1. The SMILES string of the molecule is CCCCCC/C=C\CCCCCCCC(=O)OC(COCCCCCCCCCCCCCC/C=C\C/C=C\CCCCCCC)COP(=O)(O)OCC(O)CO. The Kier molecular flexibility index (Phi) is 44.2. The average molecular weight is 843 g/mol. The minimum absolute atomic E-state index is 0.0464. The fraction of sp³-hybridized carbons (Fsp3) is 0.854. The van der Waals surface area contributed by atoms with Gasteiger partial charge in [0.2, 0.25) is 0 Å². The normalized spacial score (nSPS) is 14.2. The maximum absolute atomic E-state index is 12.6. The molecule has 342 valence electrons. The summed E-state index contributed by atoms with van der Waals surface area (Å²) in [5.74, 6) is -0.391. The van der Waals surface area contributed by atoms with Crippen LogP contribution in [0.2, 0.25) is 0 Å². The molecule has 0 amide bonds. The number of carbonyl (C=O) groups is 1. The number of unbranched alkanes of at least 4 members (excludes halogenated alkanes) is 26. The highest BCUT2D eigenvalue weighted by molar-refractivity contribution is 7.47. The van der Waals surface area contributed by atoms with E-state index in [1.165, 1.54) is 135 Å². The van der Waals surface area contributed by atoms with Gasteiger partial charge in [0.1, 0.15) is 12.2 Å². The van der Waals surface area contributed by atoms with E-state index in [2.05, 4.69) is 50.3 Å². The third kappa shape index (κ3) is 44.2. The Morgan fingerprint density at radius 3 is 1.41 bits per heavy atom. The van der Waals surface area contributed by atoms with E-state index >= 15 is 0 Å². The summed E-state index contributed by atoms with van der Waals surface area (Å²) in [6.45, 7) is 3.50. The molecule has 9 nitrogen and oxygen atoms in total. The lowest BCUT2D eigenvalue weighted by Gasteiger charge is -2.20. The molecule has 10 heteroatoms. The fourth-order valence-corrected chi connectivity index (χ4v) is 7.41. The molecule has 0 saturated heterocycles. The molecule has 58 heavy (non-hydrogen) atoms. The first-order chi connectivity index (χ1) is 28.3. The van der Waals surface area contributed by atoms with Crippen LogP contribution in [0.25, 0.3) is 0 Å². The third-order valence-corrected chi connectivity index (χ3v) is 11.2. The van der Waals surface area contributed by atoms with Crippen molar-refractivity contribution in [3.63, 3.8) is 0 Å². The van der Waals surface area contributed by atoms with Crippen LogP contribution in [0, 0.1) is 0 Å². The van der Waals surface area contributed by atoms with E-state index in [1.54, 1.807) is 0 Å². The van der Waals surface area contributed by atoms with Gasteiger partial charge in [0.15, 0.2) is 0 Å². The molecule has 0 aromatic heterocycles. The molecule has 0 aliphatic carbocycles. The molecule has 0 aromatic rings. The minimum Gasteiger partial charge on any atom is -0.457 e. The number of hydrogen-bond acceptors (Lipinski definition) is 8. The lowest BCUT2D eigenvalue weighted by molar-refractivity contribution is -0.154. The number of rotatable bonds is 46. The van der Waals surface area contributed by atoms with Gasteiger partial charge >= 0.3 is 13.8 Å². The highest BCUT2D eigenvalue weighted by Crippen LogP contribution is 2.43. The molecule has 0 aliphatic heterocycles. The van der Waals surface area contributed by atoms with Gasteiger partial charge in [-0.2, -0.15) is 0 Å². The van der Waals surface area contributed by atoms with Gasteiger partial charge in [-0.3, -0.25) is 13.8 Å². The van der Waals surface area contributed by atoms with Crippen molar-refractivity contribution < 1.29 is 43.0 Å². The number of phosphoric ester groups is 1. The molecule has 0 aliphatic rings. The van der Waals surface area contributed by atoms with Crippen LogP contribution in [-0.4, -0.2) is 66.3 Å². The van der Waals surface area contributed by atoms with Gasteiger partial charge in [0.25, 0.3) is 0 Å². The zero-order valence-corrected chi connectivity index (χ0v) is 38.4. The van der Waals surface area contributed by atoms with E-state index < -0.39 is 39.2 Å². The zero-order chi connectivity index (χ0) is 42.5. The first kappa shape index (κ1) is 56.7. The van der Waals surface area contributed by atoms with Gasteiger partial charge in [0, 0.05) is 13.0 Å². The van der Waals surface area contributed by atoms with Crippen molar-refractivity contribution >= 4 is 13.8 Å². The van der Waals surface area contributed by atoms with Gasteiger partial charge < -0.3 is 24.6 Å². The van der Waals surface area contributed by atoms with Crippen LogP contribution in [-0.2, 0) is 27.9 Å². The summed E-state index contributed by atoms with van der Waals surface area (Å²) in [6.07, 6.45) is 49.7. The van der Waals surface area contributed by atoms with Crippen LogP contribution in [0.5, 0.6) is 0 Å². The number of hydrogen-bond donors (Lipinski definition) is 3. The van der Waals surface area contributed by atoms with E-state index in [0.717, 1.165) is 64.2 Å². The summed E-state index contributed by atoms with van der Waals surface area (Å²) >= 11 is 0. The minimum atomic E-state index is -4.52. The van der Waals surface area contributed by atoms with Gasteiger partial charge in [-0.25, -0.2) is 4.57 Å². The summed E-state index contributed by atoms with van der Waals surface area (Å²) in [6, 6.07) is 0. The van der Waals surface area contributed by atoms with Crippen LogP contribution in [0.15, 0.2) is 36.5 Å². The van der Waals surface area contributed by atoms with Crippen molar-refractivity contribution in [3.8, 4) is 0 Å². The topological polar surface area (TPSA) is 132 Å². The summed E-state index contributed by atoms with van der Waals surface area (Å²) < 4.78 is 33.4. The van der Waals surface area contributed by atoms with Crippen molar-refractivity contribution in [2.24, 2.45) is 0 Å². The molecular formula is C48H91O9P. The Bertz CT molecular complexity index is 1000. The molecular weight excluding hydrogens is 751 g/mol. The third-order valence-electron chi connectivity index (χ3n) is 10.3. The molecule has 0 heterocycles. The molecule has 3 unspecified atom stereocenters. The maximum Gasteiger partial charge on any atom is 0.472 e. The van der Waals surface area contributed by atoms with E-state index in [1.807, 2.05) is 0 Å². The van der Waals surface area contributed by atoms with Crippen LogP contribution < -0.4 is 0 Å². The molecule has 0 radical (unpaired) electrons. The van der Waals surface area contributed by atoms with Gasteiger partial charge in [-0.15, -0.1) is 0 Å². The Labute approximate surface area is 356 Å². The van der Waals surface area contributed by atoms with Crippen molar-refractivity contribution in [1.82, 2.24) is 0 Å². The predicted octanol–water partition coefficient (Wildman–Crippen LogP) is 13.6. The van der Waals surface area contributed by atoms with E-state index in [-0.39, 0.29) is 19.6 Å². The second-order valence-electron chi connectivity index (χ2n) is 16.1. The highest BCUT2D eigenvalue weighted by atomic mass is 31.2. The molecule has 0 saturated carbocycles. The Hall–Kier alpha value is -1.32. The first-order valence-electron chi connectivity index (χ1n) is 24.0. The quantitative estimate of drug-likeness (QED) is 0.0237. The number of phosphoric acid groups is 1. The predicted molar refractivity (Wildman–Crippen MR) is 242 cm³/mol. The van der Waals surface area contributed by atoms with Crippen LogP contribution in [0.4, 0.5) is 0 Å². The number of aliphatic hydroxyl groups excluding tert-OH is 2. The molecule has 3 atom stereocenters. The van der Waals surface area contributed by atoms with E-state index in [9.17, 15) is 19.4 Å². The summed E-state index contributed by atoms with van der Waals surface area (Å²) in [4.78, 5) is 22.6. The van der Waals surface area contributed by atoms with E-state index in [4.69, 9.17) is 23.6 Å². The summed E-state index contributed by atoms with van der Waals surface area (Å²) in [5, 5.41) is 18.4. The largest absolute Gasteiger partial charge is 0.472 e. The summed E-state index contributed by atoms with van der Waals surface area (Å²) in [5.41, 5.74) is 0. The maximum atomic E-state index is 12.6. The lowest BCUT2D eigenvalue weighted by Crippen LogP contribution is -2.29. The zero-order valence-electron chi connectivity index (χ0n) is 37.5. The van der Waals surface area contributed by atoms with Crippen molar-refractivity contribution in [3.05, 3.63) is 36.5 Å². The molecule has 0 fully saturated rings. The summed E-state index contributed by atoms with van der Waals surface area (Å²) in [7, 11) is -4.52. The van der Waals surface area contributed by atoms with Crippen molar-refractivity contribution in [1.29, 1.82) is 0 Å². The molecule has 0 rings (SSSR count). The monoisotopic (exact) mass is 843 g/mol. The molecule has 3 N–H and O–H groups in total. The second kappa shape index (κ2) is 45.2. The fourth-order valence-electron chi connectivity index (χ4n) is 6.62. The first-order valence-corrected chi connectivity index (χ1v) is 25.5. The Balaban J connectivity index is 4.04. The van der Waals surface area contributed by atoms with Crippen molar-refractivity contribution in [2.45, 2.75) is 232 Å². The molecule has 0 bridgehead atoms. The smallest absolute Gasteiger partial charge is 0.457 e. The van der Waals surface area contributed by atoms with Gasteiger partial charge in [-0.1, -0.05) is 179 Å². The van der Waals surface area contributed by atoms with Gasteiger partial charge in [0.05, 0.1) is 26.4 Å². The number of aliphatic hydroxyl groups is 2. The average Bonchev–Trinajstić information content (AvgIpc) is 3.21. The number of esters is 1. The van der Waals surface area contributed by atoms with E-state index in [0.29, 0.717) is 6.61 Å². The molecule has 0 spiro atoms. The van der Waals surface area contributed by atoms with Crippen LogP contribution >= 0.6 is 7.82 Å². The number of ether oxygens (including phenoxy) is 2. The van der Waals surface area contributed by atoms with Crippen LogP contribution in [0.1, 0.15) is 219 Å². The van der Waals surface area contributed by atoms with Gasteiger partial charge in [-0.05, 0) is 70.6 Å².